The molecule has 0 aromatic heterocycles. The van der Waals surface area contributed by atoms with E-state index >= 15 is 0 Å². The molecule has 1 amide bonds. The van der Waals surface area contributed by atoms with Gasteiger partial charge in [-0.1, -0.05) is 6.92 Å². The highest BCUT2D eigenvalue weighted by atomic mass is 16.2. The molecule has 0 bridgehead atoms. The van der Waals surface area contributed by atoms with E-state index in [9.17, 15) is 4.79 Å². The van der Waals surface area contributed by atoms with E-state index in [1.807, 2.05) is 0 Å². The van der Waals surface area contributed by atoms with Gasteiger partial charge in [-0.3, -0.25) is 4.79 Å². The van der Waals surface area contributed by atoms with Gasteiger partial charge in [-0.25, -0.2) is 0 Å². The summed E-state index contributed by atoms with van der Waals surface area (Å²) < 4.78 is 0. The minimum Gasteiger partial charge on any atom is -0.352 e. The summed E-state index contributed by atoms with van der Waals surface area (Å²) in [6.07, 6.45) is 4.93. The maximum absolute atomic E-state index is 11.4. The Bertz CT molecular complexity index is 231. The highest BCUT2D eigenvalue weighted by Gasteiger charge is 2.42. The summed E-state index contributed by atoms with van der Waals surface area (Å²) in [5.74, 6) is 0.156. The quantitative estimate of drug-likeness (QED) is 0.690. The first-order valence-corrected chi connectivity index (χ1v) is 5.63. The van der Waals surface area contributed by atoms with Crippen LogP contribution in [0.25, 0.3) is 0 Å². The van der Waals surface area contributed by atoms with Gasteiger partial charge in [0.15, 0.2) is 0 Å². The molecule has 2 rings (SSSR count). The lowest BCUT2D eigenvalue weighted by atomic mass is 10.0. The summed E-state index contributed by atoms with van der Waals surface area (Å²) in [5, 5.41) is 6.29. The third-order valence-electron chi connectivity index (χ3n) is 3.60. The van der Waals surface area contributed by atoms with E-state index in [1.165, 1.54) is 25.7 Å². The number of hydrogen-bond donors (Lipinski definition) is 2. The van der Waals surface area contributed by atoms with Gasteiger partial charge in [0.2, 0.25) is 5.91 Å². The van der Waals surface area contributed by atoms with Gasteiger partial charge in [-0.05, 0) is 38.0 Å². The zero-order valence-electron chi connectivity index (χ0n) is 9.10. The van der Waals surface area contributed by atoms with E-state index in [2.05, 4.69) is 24.5 Å². The van der Waals surface area contributed by atoms with E-state index in [1.54, 1.807) is 0 Å². The summed E-state index contributed by atoms with van der Waals surface area (Å²) in [6.45, 7) is 4.94. The predicted octanol–water partition coefficient (Wildman–Crippen LogP) is 1.04. The van der Waals surface area contributed by atoms with Crippen LogP contribution in [-0.4, -0.2) is 24.5 Å². The molecule has 2 N–H and O–H groups in total. The van der Waals surface area contributed by atoms with Crippen LogP contribution in [0.2, 0.25) is 0 Å². The SMILES string of the molecule is CC(NCC(=O)NC1CC1)C1(C)CC1. The Balaban J connectivity index is 1.63. The number of nitrogens with one attached hydrogen (secondary N) is 2. The fraction of sp³-hybridized carbons (Fsp3) is 0.909. The summed E-state index contributed by atoms with van der Waals surface area (Å²) >= 11 is 0. The maximum Gasteiger partial charge on any atom is 0.234 e. The average molecular weight is 196 g/mol. The van der Waals surface area contributed by atoms with E-state index in [-0.39, 0.29) is 5.91 Å². The van der Waals surface area contributed by atoms with Gasteiger partial charge < -0.3 is 10.6 Å². The molecule has 0 radical (unpaired) electrons. The summed E-state index contributed by atoms with van der Waals surface area (Å²) in [7, 11) is 0. The first-order valence-electron chi connectivity index (χ1n) is 5.63. The third kappa shape index (κ3) is 2.47. The molecule has 0 aliphatic heterocycles. The molecule has 80 valence electrons. The van der Waals surface area contributed by atoms with Crippen LogP contribution in [0.15, 0.2) is 0 Å². The van der Waals surface area contributed by atoms with Crippen molar-refractivity contribution in [1.82, 2.24) is 10.6 Å². The molecular weight excluding hydrogens is 176 g/mol. The molecule has 3 heteroatoms. The van der Waals surface area contributed by atoms with Crippen LogP contribution in [-0.2, 0) is 4.79 Å². The van der Waals surface area contributed by atoms with Gasteiger partial charge in [-0.15, -0.1) is 0 Å². The predicted molar refractivity (Wildman–Crippen MR) is 56.0 cm³/mol. The molecular formula is C11H20N2O. The Morgan fingerprint density at radius 3 is 2.64 bits per heavy atom. The topological polar surface area (TPSA) is 41.1 Å². The smallest absolute Gasteiger partial charge is 0.234 e. The van der Waals surface area contributed by atoms with Crippen LogP contribution in [0.1, 0.15) is 39.5 Å². The summed E-state index contributed by atoms with van der Waals surface area (Å²) in [5.41, 5.74) is 0.458. The van der Waals surface area contributed by atoms with Crippen LogP contribution in [0.3, 0.4) is 0 Å². The largest absolute Gasteiger partial charge is 0.352 e. The van der Waals surface area contributed by atoms with Crippen molar-refractivity contribution in [2.24, 2.45) is 5.41 Å². The first kappa shape index (κ1) is 9.97. The highest BCUT2D eigenvalue weighted by molar-refractivity contribution is 5.78. The van der Waals surface area contributed by atoms with Crippen molar-refractivity contribution in [2.75, 3.05) is 6.54 Å². The lowest BCUT2D eigenvalue weighted by Gasteiger charge is -2.19. The van der Waals surface area contributed by atoms with Crippen molar-refractivity contribution < 1.29 is 4.79 Å². The van der Waals surface area contributed by atoms with E-state index in [0.717, 1.165) is 0 Å². The summed E-state index contributed by atoms with van der Waals surface area (Å²) in [4.78, 5) is 11.4. The molecule has 0 aromatic carbocycles. The fourth-order valence-electron chi connectivity index (χ4n) is 1.63. The van der Waals surface area contributed by atoms with E-state index < -0.39 is 0 Å². The van der Waals surface area contributed by atoms with Gasteiger partial charge in [0.05, 0.1) is 6.54 Å². The van der Waals surface area contributed by atoms with Crippen LogP contribution in [0.4, 0.5) is 0 Å². The molecule has 2 aliphatic rings. The average Bonchev–Trinajstić information content (AvgIpc) is 3.00. The van der Waals surface area contributed by atoms with Crippen molar-refractivity contribution in [3.05, 3.63) is 0 Å². The van der Waals surface area contributed by atoms with Crippen molar-refractivity contribution >= 4 is 5.91 Å². The second-order valence-corrected chi connectivity index (χ2v) is 5.10. The number of rotatable bonds is 5. The molecule has 0 heterocycles. The maximum atomic E-state index is 11.4. The van der Waals surface area contributed by atoms with Crippen LogP contribution >= 0.6 is 0 Å². The monoisotopic (exact) mass is 196 g/mol. The standard InChI is InChI=1S/C11H20N2O/c1-8(11(2)5-6-11)12-7-10(14)13-9-3-4-9/h8-9,12H,3-7H2,1-2H3,(H,13,14). The van der Waals surface area contributed by atoms with Crippen molar-refractivity contribution in [1.29, 1.82) is 0 Å². The molecule has 1 atom stereocenters. The Labute approximate surface area is 85.6 Å². The van der Waals surface area contributed by atoms with Gasteiger partial charge in [-0.2, -0.15) is 0 Å². The van der Waals surface area contributed by atoms with Gasteiger partial charge in [0, 0.05) is 12.1 Å². The Morgan fingerprint density at radius 1 is 1.50 bits per heavy atom. The first-order chi connectivity index (χ1) is 6.60. The molecule has 2 aliphatic carbocycles. The summed E-state index contributed by atoms with van der Waals surface area (Å²) in [6, 6.07) is 0.948. The molecule has 3 nitrogen and oxygen atoms in total. The van der Waals surface area contributed by atoms with Gasteiger partial charge in [0.25, 0.3) is 0 Å². The third-order valence-corrected chi connectivity index (χ3v) is 3.60. The normalized spacial score (nSPS) is 25.6. The van der Waals surface area contributed by atoms with Crippen molar-refractivity contribution in [3.63, 3.8) is 0 Å². The Morgan fingerprint density at radius 2 is 2.14 bits per heavy atom. The Kier molecular flexibility index (Phi) is 2.52. The molecule has 0 aromatic rings. The fourth-order valence-corrected chi connectivity index (χ4v) is 1.63. The zero-order valence-corrected chi connectivity index (χ0v) is 9.10. The molecule has 1 unspecified atom stereocenters. The zero-order chi connectivity index (χ0) is 10.2. The minimum absolute atomic E-state index is 0.156. The van der Waals surface area contributed by atoms with E-state index in [4.69, 9.17) is 0 Å². The lowest BCUT2D eigenvalue weighted by Crippen LogP contribution is -2.41. The molecule has 2 saturated carbocycles. The number of carbonyl (C=O) groups is 1. The molecule has 0 spiro atoms. The van der Waals surface area contributed by atoms with Crippen LogP contribution in [0, 0.1) is 5.41 Å². The second-order valence-electron chi connectivity index (χ2n) is 5.10. The van der Waals surface area contributed by atoms with Crippen molar-refractivity contribution in [3.8, 4) is 0 Å². The van der Waals surface area contributed by atoms with E-state index in [0.29, 0.717) is 24.0 Å². The minimum atomic E-state index is 0.156. The molecule has 14 heavy (non-hydrogen) atoms. The highest BCUT2D eigenvalue weighted by Crippen LogP contribution is 2.47. The van der Waals surface area contributed by atoms with Crippen molar-refractivity contribution in [2.45, 2.75) is 51.6 Å². The van der Waals surface area contributed by atoms with Crippen LogP contribution in [0.5, 0.6) is 0 Å². The lowest BCUT2D eigenvalue weighted by molar-refractivity contribution is -0.120. The van der Waals surface area contributed by atoms with Gasteiger partial charge in [0.1, 0.15) is 0 Å². The number of hydrogen-bond acceptors (Lipinski definition) is 2. The molecule has 2 fully saturated rings. The van der Waals surface area contributed by atoms with Gasteiger partial charge >= 0.3 is 0 Å². The Hall–Kier alpha value is -0.570. The number of amides is 1. The van der Waals surface area contributed by atoms with Crippen LogP contribution < -0.4 is 10.6 Å². The molecule has 0 saturated heterocycles. The second kappa shape index (κ2) is 3.54. The number of carbonyl (C=O) groups excluding carboxylic acids is 1.